The lowest BCUT2D eigenvalue weighted by molar-refractivity contribution is 0.255. The van der Waals surface area contributed by atoms with Gasteiger partial charge < -0.3 is 0 Å². The maximum atomic E-state index is 12.9. The molecule has 4 nitrogen and oxygen atoms in total. The fourth-order valence-electron chi connectivity index (χ4n) is 2.44. The molecule has 102 valence electrons. The smallest absolute Gasteiger partial charge is 0.247 e. The Morgan fingerprint density at radius 3 is 2.48 bits per heavy atom. The Morgan fingerprint density at radius 2 is 1.67 bits per heavy atom. The number of carbonyl (C=O) groups is 1. The Kier molecular flexibility index (Phi) is 2.62. The summed E-state index contributed by atoms with van der Waals surface area (Å²) in [4.78, 5) is 21.6. The number of rotatable bonds is 1. The monoisotopic (exact) mass is 293 g/mol. The molecule has 2 heterocycles. The fourth-order valence-corrected chi connectivity index (χ4v) is 3.47. The number of anilines is 2. The van der Waals surface area contributed by atoms with Crippen LogP contribution in [0.5, 0.6) is 0 Å². The van der Waals surface area contributed by atoms with Crippen molar-refractivity contribution in [3.63, 3.8) is 0 Å². The van der Waals surface area contributed by atoms with Crippen LogP contribution in [0, 0.1) is 0 Å². The first kappa shape index (κ1) is 12.2. The minimum Gasteiger partial charge on any atom is -0.247 e. The molecule has 0 spiro atoms. The Morgan fingerprint density at radius 1 is 0.952 bits per heavy atom. The number of nitrogens with zero attached hydrogens (tertiary/aromatic N) is 3. The number of hydrogen-bond donors (Lipinski definition) is 0. The molecule has 0 saturated heterocycles. The molecule has 0 aromatic heterocycles. The summed E-state index contributed by atoms with van der Waals surface area (Å²) in [6.45, 7) is 3.92. The van der Waals surface area contributed by atoms with Crippen LogP contribution in [0.1, 0.15) is 0 Å². The van der Waals surface area contributed by atoms with Gasteiger partial charge in [0.15, 0.2) is 5.17 Å². The van der Waals surface area contributed by atoms with E-state index in [-0.39, 0.29) is 6.03 Å². The number of aliphatic imine (C=N–C) groups is 1. The first-order chi connectivity index (χ1) is 10.3. The maximum absolute atomic E-state index is 12.9. The van der Waals surface area contributed by atoms with Gasteiger partial charge in [-0.05, 0) is 36.0 Å². The first-order valence-corrected chi connectivity index (χ1v) is 7.31. The summed E-state index contributed by atoms with van der Waals surface area (Å²) in [5.41, 5.74) is 1.64. The zero-order chi connectivity index (χ0) is 14.4. The van der Waals surface area contributed by atoms with Gasteiger partial charge in [-0.2, -0.15) is 0 Å². The van der Waals surface area contributed by atoms with Crippen LogP contribution in [0.4, 0.5) is 16.2 Å². The Hall–Kier alpha value is -2.53. The Labute approximate surface area is 126 Å². The second kappa shape index (κ2) is 4.49. The van der Waals surface area contributed by atoms with Crippen molar-refractivity contribution in [2.75, 3.05) is 9.80 Å². The van der Waals surface area contributed by atoms with Crippen LogP contribution in [0.25, 0.3) is 0 Å². The predicted octanol–water partition coefficient (Wildman–Crippen LogP) is 4.07. The van der Waals surface area contributed by atoms with Crippen molar-refractivity contribution in [2.24, 2.45) is 4.99 Å². The summed E-state index contributed by atoms with van der Waals surface area (Å²) in [7, 11) is 0. The van der Waals surface area contributed by atoms with Crippen molar-refractivity contribution < 1.29 is 4.79 Å². The average molecular weight is 293 g/mol. The van der Waals surface area contributed by atoms with Crippen LogP contribution in [-0.4, -0.2) is 11.2 Å². The largest absolute Gasteiger partial charge is 0.341 e. The minimum atomic E-state index is -0.145. The highest BCUT2D eigenvalue weighted by Crippen LogP contribution is 2.43. The second-order valence-corrected chi connectivity index (χ2v) is 5.68. The van der Waals surface area contributed by atoms with Gasteiger partial charge in [0.2, 0.25) is 0 Å². The topological polar surface area (TPSA) is 35.9 Å². The van der Waals surface area contributed by atoms with Crippen LogP contribution in [0.2, 0.25) is 0 Å². The molecule has 4 rings (SSSR count). The lowest BCUT2D eigenvalue weighted by Crippen LogP contribution is -2.47. The van der Waals surface area contributed by atoms with Gasteiger partial charge in [0.1, 0.15) is 5.82 Å². The van der Waals surface area contributed by atoms with Crippen molar-refractivity contribution in [2.45, 2.75) is 4.90 Å². The van der Waals surface area contributed by atoms with Gasteiger partial charge in [-0.15, -0.1) is 0 Å². The van der Waals surface area contributed by atoms with E-state index in [2.05, 4.69) is 11.6 Å². The zero-order valence-corrected chi connectivity index (χ0v) is 11.9. The van der Waals surface area contributed by atoms with Crippen LogP contribution in [0.15, 0.2) is 76.9 Å². The average Bonchev–Trinajstić information content (AvgIpc) is 2.86. The molecule has 0 aliphatic carbocycles. The lowest BCUT2D eigenvalue weighted by Gasteiger charge is -2.31. The number of fused-ring (bicyclic) bond motifs is 3. The number of hydrogen-bond acceptors (Lipinski definition) is 3. The number of para-hydroxylation sites is 2. The van der Waals surface area contributed by atoms with Crippen LogP contribution in [0.3, 0.4) is 0 Å². The van der Waals surface area contributed by atoms with Crippen LogP contribution >= 0.6 is 11.8 Å². The van der Waals surface area contributed by atoms with Crippen molar-refractivity contribution >= 4 is 34.3 Å². The van der Waals surface area contributed by atoms with Gasteiger partial charge >= 0.3 is 6.03 Å². The third-order valence-corrected chi connectivity index (χ3v) is 4.40. The number of amidine groups is 1. The molecule has 0 unspecified atom stereocenters. The fraction of sp³-hybridized carbons (Fsp3) is 0. The molecular weight excluding hydrogens is 282 g/mol. The van der Waals surface area contributed by atoms with E-state index in [1.807, 2.05) is 54.6 Å². The third kappa shape index (κ3) is 1.78. The van der Waals surface area contributed by atoms with E-state index in [9.17, 15) is 4.79 Å². The minimum absolute atomic E-state index is 0.145. The van der Waals surface area contributed by atoms with E-state index in [4.69, 9.17) is 0 Å². The molecule has 0 radical (unpaired) electrons. The molecule has 2 aromatic carbocycles. The van der Waals surface area contributed by atoms with Gasteiger partial charge in [-0.1, -0.05) is 36.9 Å². The maximum Gasteiger partial charge on any atom is 0.341 e. The Bertz CT molecular complexity index is 785. The normalized spacial score (nSPS) is 16.7. The van der Waals surface area contributed by atoms with Gasteiger partial charge in [-0.3, -0.25) is 0 Å². The molecule has 0 saturated carbocycles. The van der Waals surface area contributed by atoms with Crippen LogP contribution < -0.4 is 9.80 Å². The summed E-state index contributed by atoms with van der Waals surface area (Å²) in [5, 5.41) is 0.665. The molecule has 2 aliphatic rings. The molecule has 0 bridgehead atoms. The van der Waals surface area contributed by atoms with Crippen molar-refractivity contribution in [1.29, 1.82) is 0 Å². The van der Waals surface area contributed by atoms with E-state index in [1.165, 1.54) is 16.7 Å². The number of urea groups is 1. The summed E-state index contributed by atoms with van der Waals surface area (Å²) in [6.07, 6.45) is 0. The summed E-state index contributed by atoms with van der Waals surface area (Å²) >= 11 is 1.49. The molecule has 2 aromatic rings. The molecular formula is C16H11N3OS. The predicted molar refractivity (Wildman–Crippen MR) is 85.7 cm³/mol. The highest BCUT2D eigenvalue weighted by Gasteiger charge is 2.39. The quantitative estimate of drug-likeness (QED) is 0.794. The SMILES string of the molecule is C=C1N=C2Sc3ccccc3N2C(=O)N1c1ccccc1. The number of thioether (sulfide) groups is 1. The van der Waals surface area contributed by atoms with Crippen molar-refractivity contribution in [3.05, 3.63) is 67.0 Å². The standard InChI is InChI=1S/C16H11N3OS/c1-11-17-15-19(13-9-5-6-10-14(13)21-15)16(20)18(11)12-7-3-2-4-8-12/h2-10H,1H2. The summed E-state index contributed by atoms with van der Waals surface area (Å²) in [5.74, 6) is 0.442. The highest BCUT2D eigenvalue weighted by molar-refractivity contribution is 8.15. The molecule has 21 heavy (non-hydrogen) atoms. The third-order valence-electron chi connectivity index (χ3n) is 3.38. The van der Waals surface area contributed by atoms with Gasteiger partial charge in [-0.25, -0.2) is 19.6 Å². The second-order valence-electron chi connectivity index (χ2n) is 4.67. The molecule has 0 fully saturated rings. The summed E-state index contributed by atoms with van der Waals surface area (Å²) < 4.78 is 0. The van der Waals surface area contributed by atoms with E-state index < -0.39 is 0 Å². The van der Waals surface area contributed by atoms with Crippen molar-refractivity contribution in [1.82, 2.24) is 0 Å². The Balaban J connectivity index is 1.83. The van der Waals surface area contributed by atoms with E-state index in [0.717, 1.165) is 16.3 Å². The van der Waals surface area contributed by atoms with Crippen molar-refractivity contribution in [3.8, 4) is 0 Å². The van der Waals surface area contributed by atoms with Gasteiger partial charge in [0.25, 0.3) is 0 Å². The zero-order valence-electron chi connectivity index (χ0n) is 11.1. The number of benzene rings is 2. The van der Waals surface area contributed by atoms with E-state index >= 15 is 0 Å². The number of carbonyl (C=O) groups excluding carboxylic acids is 1. The van der Waals surface area contributed by atoms with Crippen LogP contribution in [-0.2, 0) is 0 Å². The lowest BCUT2D eigenvalue weighted by atomic mass is 10.2. The van der Waals surface area contributed by atoms with E-state index in [0.29, 0.717) is 11.0 Å². The summed E-state index contributed by atoms with van der Waals surface area (Å²) in [6, 6.07) is 17.1. The molecule has 2 aliphatic heterocycles. The highest BCUT2D eigenvalue weighted by atomic mass is 32.2. The molecule has 0 atom stereocenters. The van der Waals surface area contributed by atoms with E-state index in [1.54, 1.807) is 4.90 Å². The molecule has 2 amide bonds. The van der Waals surface area contributed by atoms with Gasteiger partial charge in [0.05, 0.1) is 11.4 Å². The first-order valence-electron chi connectivity index (χ1n) is 6.49. The van der Waals surface area contributed by atoms with Gasteiger partial charge in [0, 0.05) is 4.90 Å². The molecule has 0 N–H and O–H groups in total. The molecule has 5 heteroatoms. The number of amides is 2.